The van der Waals surface area contributed by atoms with Crippen LogP contribution in [0.5, 0.6) is 0 Å². The first-order valence-electron chi connectivity index (χ1n) is 16.5. The van der Waals surface area contributed by atoms with Crippen LogP contribution < -0.4 is 0 Å². The highest BCUT2D eigenvalue weighted by Gasteiger charge is 2.59. The lowest BCUT2D eigenvalue weighted by Gasteiger charge is -2.59. The van der Waals surface area contributed by atoms with Crippen LogP contribution in [0.3, 0.4) is 0 Å². The summed E-state index contributed by atoms with van der Waals surface area (Å²) in [6, 6.07) is 9.49. The zero-order valence-electron chi connectivity index (χ0n) is 28.0. The zero-order valence-corrected chi connectivity index (χ0v) is 28.7. The van der Waals surface area contributed by atoms with Gasteiger partial charge in [-0.15, -0.1) is 11.6 Å². The zero-order chi connectivity index (χ0) is 32.3. The standard InChI is InChI=1S/C36H54ClNO6/c1-8-36(24-37,32(41)44-35(5)28-17-26-16-27(19-28)20-29(35)18-26)23-34(4,31(40)43-21-25-12-10-9-11-13-25)22-33(2,3)30(39)42-15-14-38(6)7/h9-13,26-29H,8,14-24H2,1-7H3. The molecule has 4 saturated carbocycles. The summed E-state index contributed by atoms with van der Waals surface area (Å²) in [5, 5.41) is 0. The Kier molecular flexibility index (Phi) is 10.8. The number of alkyl halides is 1. The number of carbonyl (C=O) groups excluding carboxylic acids is 3. The van der Waals surface area contributed by atoms with Gasteiger partial charge in [-0.05, 0) is 122 Å². The van der Waals surface area contributed by atoms with Crippen molar-refractivity contribution in [2.24, 2.45) is 39.9 Å². The van der Waals surface area contributed by atoms with Gasteiger partial charge in [0.1, 0.15) is 18.8 Å². The highest BCUT2D eigenvalue weighted by Crippen LogP contribution is 2.60. The summed E-state index contributed by atoms with van der Waals surface area (Å²) in [5.74, 6) is 1.04. The quantitative estimate of drug-likeness (QED) is 0.117. The minimum atomic E-state index is -1.21. The van der Waals surface area contributed by atoms with Gasteiger partial charge in [0, 0.05) is 12.4 Å². The van der Waals surface area contributed by atoms with Crippen LogP contribution in [0, 0.1) is 39.9 Å². The first-order chi connectivity index (χ1) is 20.7. The lowest BCUT2D eigenvalue weighted by Crippen LogP contribution is -2.59. The maximum atomic E-state index is 14.4. The summed E-state index contributed by atoms with van der Waals surface area (Å²) < 4.78 is 18.1. The Labute approximate surface area is 269 Å². The topological polar surface area (TPSA) is 82.1 Å². The first-order valence-corrected chi connectivity index (χ1v) is 17.0. The molecule has 7 nitrogen and oxygen atoms in total. The Balaban J connectivity index is 1.58. The fraction of sp³-hybridized carbons (Fsp3) is 0.750. The molecular formula is C36H54ClNO6. The third-order valence-electron chi connectivity index (χ3n) is 11.0. The van der Waals surface area contributed by atoms with Gasteiger partial charge in [0.05, 0.1) is 16.2 Å². The predicted molar refractivity (Wildman–Crippen MR) is 172 cm³/mol. The largest absolute Gasteiger partial charge is 0.464 e. The molecule has 5 rings (SSSR count). The van der Waals surface area contributed by atoms with Crippen molar-refractivity contribution >= 4 is 29.5 Å². The van der Waals surface area contributed by atoms with E-state index in [4.69, 9.17) is 25.8 Å². The van der Waals surface area contributed by atoms with Gasteiger partial charge in [-0.25, -0.2) is 0 Å². The summed E-state index contributed by atoms with van der Waals surface area (Å²) in [4.78, 5) is 43.6. The van der Waals surface area contributed by atoms with Gasteiger partial charge in [0.2, 0.25) is 0 Å². The van der Waals surface area contributed by atoms with Crippen molar-refractivity contribution in [3.63, 3.8) is 0 Å². The molecule has 4 aliphatic rings. The second-order valence-electron chi connectivity index (χ2n) is 15.4. The van der Waals surface area contributed by atoms with E-state index in [1.807, 2.05) is 56.3 Å². The van der Waals surface area contributed by atoms with Crippen LogP contribution in [0.15, 0.2) is 30.3 Å². The highest BCUT2D eigenvalue weighted by atomic mass is 35.5. The number of halogens is 1. The molecule has 2 atom stereocenters. The van der Waals surface area contributed by atoms with Crippen molar-refractivity contribution in [2.75, 3.05) is 33.1 Å². The van der Waals surface area contributed by atoms with Gasteiger partial charge in [0.25, 0.3) is 0 Å². The average Bonchev–Trinajstić information content (AvgIpc) is 2.97. The number of benzene rings is 1. The maximum absolute atomic E-state index is 14.4. The Hall–Kier alpha value is -2.12. The van der Waals surface area contributed by atoms with Gasteiger partial charge >= 0.3 is 17.9 Å². The van der Waals surface area contributed by atoms with E-state index in [2.05, 4.69) is 6.92 Å². The molecule has 0 amide bonds. The Morgan fingerprint density at radius 1 is 0.886 bits per heavy atom. The molecule has 0 N–H and O–H groups in total. The molecule has 0 saturated heterocycles. The molecule has 0 heterocycles. The smallest absolute Gasteiger partial charge is 0.313 e. The lowest BCUT2D eigenvalue weighted by molar-refractivity contribution is -0.213. The van der Waals surface area contributed by atoms with Crippen molar-refractivity contribution in [1.29, 1.82) is 0 Å². The number of rotatable bonds is 15. The summed E-state index contributed by atoms with van der Waals surface area (Å²) >= 11 is 6.70. The summed E-state index contributed by atoms with van der Waals surface area (Å²) in [7, 11) is 3.83. The van der Waals surface area contributed by atoms with Crippen molar-refractivity contribution in [3.8, 4) is 0 Å². The monoisotopic (exact) mass is 631 g/mol. The molecule has 4 aliphatic carbocycles. The third kappa shape index (κ3) is 7.46. The van der Waals surface area contributed by atoms with E-state index in [1.165, 1.54) is 6.42 Å². The van der Waals surface area contributed by atoms with E-state index in [0.717, 1.165) is 43.1 Å². The molecule has 44 heavy (non-hydrogen) atoms. The number of nitrogens with zero attached hydrogens (tertiary/aromatic N) is 1. The van der Waals surface area contributed by atoms with E-state index < -0.39 is 33.8 Å². The molecule has 246 valence electrons. The van der Waals surface area contributed by atoms with E-state index >= 15 is 0 Å². The van der Waals surface area contributed by atoms with Crippen LogP contribution in [-0.2, 0) is 35.2 Å². The minimum Gasteiger partial charge on any atom is -0.464 e. The average molecular weight is 632 g/mol. The molecule has 2 unspecified atom stereocenters. The Morgan fingerprint density at radius 2 is 1.48 bits per heavy atom. The fourth-order valence-electron chi connectivity index (χ4n) is 8.55. The van der Waals surface area contributed by atoms with Crippen LogP contribution in [0.4, 0.5) is 0 Å². The van der Waals surface area contributed by atoms with Gasteiger partial charge < -0.3 is 19.1 Å². The van der Waals surface area contributed by atoms with Crippen LogP contribution in [0.2, 0.25) is 0 Å². The number of carbonyl (C=O) groups is 3. The molecule has 0 aromatic heterocycles. The van der Waals surface area contributed by atoms with E-state index in [9.17, 15) is 14.4 Å². The minimum absolute atomic E-state index is 0.00820. The molecular weight excluding hydrogens is 578 g/mol. The second kappa shape index (κ2) is 13.7. The second-order valence-corrected chi connectivity index (χ2v) is 15.7. The molecule has 1 aromatic carbocycles. The first kappa shape index (κ1) is 34.7. The Bertz CT molecular complexity index is 1130. The van der Waals surface area contributed by atoms with E-state index in [-0.39, 0.29) is 37.9 Å². The number of hydrogen-bond acceptors (Lipinski definition) is 7. The summed E-state index contributed by atoms with van der Waals surface area (Å²) in [6.07, 6.45) is 6.42. The number of hydrogen-bond donors (Lipinski definition) is 0. The van der Waals surface area contributed by atoms with E-state index in [1.54, 1.807) is 20.8 Å². The molecule has 0 radical (unpaired) electrons. The summed E-state index contributed by atoms with van der Waals surface area (Å²) in [6.45, 7) is 10.4. The Morgan fingerprint density at radius 3 is 2.00 bits per heavy atom. The fourth-order valence-corrected chi connectivity index (χ4v) is 8.94. The molecule has 4 bridgehead atoms. The van der Waals surface area contributed by atoms with Crippen molar-refractivity contribution in [2.45, 2.75) is 98.2 Å². The van der Waals surface area contributed by atoms with Crippen molar-refractivity contribution in [3.05, 3.63) is 35.9 Å². The molecule has 8 heteroatoms. The lowest BCUT2D eigenvalue weighted by atomic mass is 9.50. The van der Waals surface area contributed by atoms with Crippen LogP contribution in [-0.4, -0.2) is 61.5 Å². The highest BCUT2D eigenvalue weighted by molar-refractivity contribution is 6.19. The molecule has 1 aromatic rings. The molecule has 4 fully saturated rings. The van der Waals surface area contributed by atoms with Gasteiger partial charge in [0.15, 0.2) is 0 Å². The normalized spacial score (nSPS) is 28.7. The van der Waals surface area contributed by atoms with Crippen LogP contribution >= 0.6 is 11.6 Å². The van der Waals surface area contributed by atoms with Crippen LogP contribution in [0.1, 0.15) is 91.5 Å². The predicted octanol–water partition coefficient (Wildman–Crippen LogP) is 7.04. The molecule has 0 aliphatic heterocycles. The maximum Gasteiger partial charge on any atom is 0.313 e. The third-order valence-corrected chi connectivity index (χ3v) is 11.5. The number of ether oxygens (including phenoxy) is 3. The molecule has 0 spiro atoms. The summed E-state index contributed by atoms with van der Waals surface area (Å²) in [5.41, 5.74) is -3.01. The van der Waals surface area contributed by atoms with Crippen LogP contribution in [0.25, 0.3) is 0 Å². The number of likely N-dealkylation sites (N-methyl/N-ethyl adjacent to an activating group) is 1. The number of esters is 3. The van der Waals surface area contributed by atoms with E-state index in [0.29, 0.717) is 24.8 Å². The van der Waals surface area contributed by atoms with Gasteiger partial charge in [-0.2, -0.15) is 0 Å². The van der Waals surface area contributed by atoms with Crippen molar-refractivity contribution < 1.29 is 28.6 Å². The van der Waals surface area contributed by atoms with Crippen molar-refractivity contribution in [1.82, 2.24) is 4.90 Å². The SMILES string of the molecule is CCC(CCl)(CC(C)(CC(C)(C)C(=O)OCCN(C)C)C(=O)OCc1ccccc1)C(=O)OC1(C)C2CC3CC(C2)CC1C3. The van der Waals surface area contributed by atoms with Gasteiger partial charge in [-0.3, -0.25) is 14.4 Å². The van der Waals surface area contributed by atoms with Gasteiger partial charge in [-0.1, -0.05) is 37.3 Å².